The van der Waals surface area contributed by atoms with Crippen LogP contribution in [0.3, 0.4) is 0 Å². The summed E-state index contributed by atoms with van der Waals surface area (Å²) in [5.41, 5.74) is 0. The molecule has 2 heterocycles. The van der Waals surface area contributed by atoms with E-state index in [0.29, 0.717) is 6.54 Å². The smallest absolute Gasteiger partial charge is 0.241 e. The van der Waals surface area contributed by atoms with Gasteiger partial charge in [-0.2, -0.15) is 0 Å². The number of carbonyl (C=O) groups is 1. The van der Waals surface area contributed by atoms with Gasteiger partial charge in [0.15, 0.2) is 5.13 Å². The summed E-state index contributed by atoms with van der Waals surface area (Å²) in [7, 11) is 0. The van der Waals surface area contributed by atoms with Gasteiger partial charge in [-0.05, 0) is 18.8 Å². The molecule has 1 fully saturated rings. The highest BCUT2D eigenvalue weighted by Gasteiger charge is 2.19. The second kappa shape index (κ2) is 5.30. The van der Waals surface area contributed by atoms with Crippen LogP contribution in [0.15, 0.2) is 11.6 Å². The lowest BCUT2D eigenvalue weighted by Gasteiger charge is -2.30. The van der Waals surface area contributed by atoms with Crippen LogP contribution in [-0.4, -0.2) is 35.4 Å². The Balaban J connectivity index is 1.75. The van der Waals surface area contributed by atoms with E-state index in [9.17, 15) is 4.79 Å². The summed E-state index contributed by atoms with van der Waals surface area (Å²) in [5, 5.41) is 5.77. The number of carbonyl (C=O) groups excluding carboxylic acids is 1. The predicted molar refractivity (Wildman–Crippen MR) is 65.6 cm³/mol. The molecule has 1 amide bonds. The lowest BCUT2D eigenvalue weighted by molar-refractivity contribution is -0.130. The molecule has 1 aromatic rings. The highest BCUT2D eigenvalue weighted by atomic mass is 32.1. The van der Waals surface area contributed by atoms with Crippen LogP contribution >= 0.6 is 11.3 Å². The summed E-state index contributed by atoms with van der Waals surface area (Å²) in [6.07, 6.45) is 3.99. The summed E-state index contributed by atoms with van der Waals surface area (Å²) in [6.45, 7) is 4.41. The Hall–Kier alpha value is -1.10. The van der Waals surface area contributed by atoms with Crippen LogP contribution in [-0.2, 0) is 4.79 Å². The van der Waals surface area contributed by atoms with E-state index in [1.807, 2.05) is 10.3 Å². The molecule has 88 valence electrons. The lowest BCUT2D eigenvalue weighted by Crippen LogP contribution is -2.40. The number of aromatic nitrogens is 1. The first kappa shape index (κ1) is 11.4. The number of likely N-dealkylation sites (tertiary alicyclic amines) is 1. The highest BCUT2D eigenvalue weighted by molar-refractivity contribution is 7.13. The third-order valence-corrected chi connectivity index (χ3v) is 3.69. The fraction of sp³-hybridized carbons (Fsp3) is 0.636. The van der Waals surface area contributed by atoms with E-state index < -0.39 is 0 Å². The van der Waals surface area contributed by atoms with Crippen molar-refractivity contribution in [2.24, 2.45) is 5.92 Å². The van der Waals surface area contributed by atoms with Crippen molar-refractivity contribution in [2.45, 2.75) is 19.8 Å². The van der Waals surface area contributed by atoms with Crippen molar-refractivity contribution in [1.29, 1.82) is 0 Å². The summed E-state index contributed by atoms with van der Waals surface area (Å²) < 4.78 is 0. The molecule has 1 saturated heterocycles. The minimum atomic E-state index is 0.183. The predicted octanol–water partition coefficient (Wildman–Crippen LogP) is 1.81. The molecule has 4 nitrogen and oxygen atoms in total. The molecule has 0 unspecified atom stereocenters. The number of nitrogens with one attached hydrogen (secondary N) is 1. The number of piperidine rings is 1. The Morgan fingerprint density at radius 3 is 3.00 bits per heavy atom. The number of amides is 1. The quantitative estimate of drug-likeness (QED) is 0.875. The van der Waals surface area contributed by atoms with Crippen LogP contribution < -0.4 is 5.32 Å². The molecule has 0 saturated carbocycles. The van der Waals surface area contributed by atoms with Crippen LogP contribution in [0.5, 0.6) is 0 Å². The Morgan fingerprint density at radius 1 is 1.62 bits per heavy atom. The van der Waals surface area contributed by atoms with E-state index in [-0.39, 0.29) is 5.91 Å². The van der Waals surface area contributed by atoms with Gasteiger partial charge in [0, 0.05) is 24.7 Å². The molecule has 0 radical (unpaired) electrons. The zero-order chi connectivity index (χ0) is 11.4. The zero-order valence-electron chi connectivity index (χ0n) is 9.48. The molecule has 0 aliphatic carbocycles. The zero-order valence-corrected chi connectivity index (χ0v) is 10.3. The van der Waals surface area contributed by atoms with Gasteiger partial charge in [0.25, 0.3) is 0 Å². The maximum atomic E-state index is 11.8. The molecule has 1 N–H and O–H groups in total. The third-order valence-electron chi connectivity index (χ3n) is 2.96. The highest BCUT2D eigenvalue weighted by Crippen LogP contribution is 2.16. The Bertz CT molecular complexity index is 331. The molecule has 16 heavy (non-hydrogen) atoms. The molecule has 2 rings (SSSR count). The largest absolute Gasteiger partial charge is 0.352 e. The standard InChI is InChI=1S/C11H17N3OS/c1-9-2-5-14(6-3-9)10(15)8-13-11-12-4-7-16-11/h4,7,9H,2-3,5-6,8H2,1H3,(H,12,13). The van der Waals surface area contributed by atoms with Gasteiger partial charge in [-0.15, -0.1) is 11.3 Å². The molecular formula is C11H17N3OS. The molecule has 0 aromatic carbocycles. The SMILES string of the molecule is CC1CCN(C(=O)CNc2nccs2)CC1. The van der Waals surface area contributed by atoms with E-state index in [0.717, 1.165) is 37.0 Å². The van der Waals surface area contributed by atoms with Crippen molar-refractivity contribution < 1.29 is 4.79 Å². The molecule has 1 aliphatic heterocycles. The topological polar surface area (TPSA) is 45.2 Å². The average molecular weight is 239 g/mol. The van der Waals surface area contributed by atoms with Crippen LogP contribution in [0.4, 0.5) is 5.13 Å². The van der Waals surface area contributed by atoms with E-state index in [2.05, 4.69) is 17.2 Å². The van der Waals surface area contributed by atoms with Crippen molar-refractivity contribution in [1.82, 2.24) is 9.88 Å². The molecule has 0 atom stereocenters. The molecule has 5 heteroatoms. The molecule has 1 aromatic heterocycles. The third kappa shape index (κ3) is 2.95. The van der Waals surface area contributed by atoms with Gasteiger partial charge >= 0.3 is 0 Å². The van der Waals surface area contributed by atoms with Gasteiger partial charge in [-0.3, -0.25) is 4.79 Å². The Labute approximate surface area is 99.7 Å². The van der Waals surface area contributed by atoms with Gasteiger partial charge in [0.05, 0.1) is 6.54 Å². The molecule has 1 aliphatic rings. The minimum absolute atomic E-state index is 0.183. The number of anilines is 1. The molecule has 0 spiro atoms. The van der Waals surface area contributed by atoms with E-state index >= 15 is 0 Å². The first-order valence-electron chi connectivity index (χ1n) is 5.67. The second-order valence-electron chi connectivity index (χ2n) is 4.25. The van der Waals surface area contributed by atoms with Crippen LogP contribution in [0.1, 0.15) is 19.8 Å². The van der Waals surface area contributed by atoms with E-state index in [4.69, 9.17) is 0 Å². The van der Waals surface area contributed by atoms with Crippen molar-refractivity contribution in [2.75, 3.05) is 25.0 Å². The van der Waals surface area contributed by atoms with E-state index in [1.165, 1.54) is 11.3 Å². The molecule has 0 bridgehead atoms. The Kier molecular flexibility index (Phi) is 3.77. The van der Waals surface area contributed by atoms with Crippen LogP contribution in [0.25, 0.3) is 0 Å². The van der Waals surface area contributed by atoms with Crippen molar-refractivity contribution in [3.8, 4) is 0 Å². The second-order valence-corrected chi connectivity index (χ2v) is 5.15. The van der Waals surface area contributed by atoms with Gasteiger partial charge in [-0.25, -0.2) is 4.98 Å². The van der Waals surface area contributed by atoms with Crippen LogP contribution in [0, 0.1) is 5.92 Å². The summed E-state index contributed by atoms with van der Waals surface area (Å²) in [6, 6.07) is 0. The minimum Gasteiger partial charge on any atom is -0.352 e. The van der Waals surface area contributed by atoms with Crippen molar-refractivity contribution in [3.63, 3.8) is 0 Å². The number of hydrogen-bond acceptors (Lipinski definition) is 4. The number of hydrogen-bond donors (Lipinski definition) is 1. The van der Waals surface area contributed by atoms with E-state index in [1.54, 1.807) is 6.20 Å². The fourth-order valence-electron chi connectivity index (χ4n) is 1.83. The van der Waals surface area contributed by atoms with Gasteiger partial charge < -0.3 is 10.2 Å². The van der Waals surface area contributed by atoms with Crippen molar-refractivity contribution >= 4 is 22.4 Å². The van der Waals surface area contributed by atoms with Gasteiger partial charge in [0.1, 0.15) is 0 Å². The average Bonchev–Trinajstić information content (AvgIpc) is 2.80. The Morgan fingerprint density at radius 2 is 2.38 bits per heavy atom. The number of thiazole rings is 1. The van der Waals surface area contributed by atoms with Gasteiger partial charge in [0.2, 0.25) is 5.91 Å². The summed E-state index contributed by atoms with van der Waals surface area (Å²) in [5.74, 6) is 0.943. The summed E-state index contributed by atoms with van der Waals surface area (Å²) in [4.78, 5) is 17.9. The van der Waals surface area contributed by atoms with Crippen molar-refractivity contribution in [3.05, 3.63) is 11.6 Å². The van der Waals surface area contributed by atoms with Crippen LogP contribution in [0.2, 0.25) is 0 Å². The fourth-order valence-corrected chi connectivity index (χ4v) is 2.36. The summed E-state index contributed by atoms with van der Waals surface area (Å²) >= 11 is 1.52. The first-order chi connectivity index (χ1) is 7.75. The number of nitrogens with zero attached hydrogens (tertiary/aromatic N) is 2. The first-order valence-corrected chi connectivity index (χ1v) is 6.55. The molecular weight excluding hydrogens is 222 g/mol. The van der Waals surface area contributed by atoms with Gasteiger partial charge in [-0.1, -0.05) is 6.92 Å². The lowest BCUT2D eigenvalue weighted by atomic mass is 9.99. The number of rotatable bonds is 3. The normalized spacial score (nSPS) is 17.4. The maximum Gasteiger partial charge on any atom is 0.241 e. The maximum absolute atomic E-state index is 11.8. The monoisotopic (exact) mass is 239 g/mol.